The second-order valence-electron chi connectivity index (χ2n) is 4.36. The molecule has 1 saturated heterocycles. The van der Waals surface area contributed by atoms with Gasteiger partial charge in [-0.15, -0.1) is 0 Å². The van der Waals surface area contributed by atoms with Gasteiger partial charge in [-0.3, -0.25) is 5.32 Å². The summed E-state index contributed by atoms with van der Waals surface area (Å²) in [5.41, 5.74) is -0.287. The summed E-state index contributed by atoms with van der Waals surface area (Å²) in [6, 6.07) is -0.276. The summed E-state index contributed by atoms with van der Waals surface area (Å²) < 4.78 is 5.57. The average Bonchev–Trinajstić information content (AvgIpc) is 2.29. The molecule has 0 saturated carbocycles. The number of carbonyl (C=O) groups is 1. The van der Waals surface area contributed by atoms with E-state index in [1.807, 2.05) is 20.8 Å². The molecular weight excluding hydrogens is 170 g/mol. The van der Waals surface area contributed by atoms with Gasteiger partial charge < -0.3 is 14.6 Å². The number of aliphatic hydroxyl groups excluding tert-OH is 1. The summed E-state index contributed by atoms with van der Waals surface area (Å²) >= 11 is 0. The highest BCUT2D eigenvalue weighted by Gasteiger charge is 2.35. The number of ether oxygens (including phenoxy) is 1. The quantitative estimate of drug-likeness (QED) is 0.600. The molecule has 3 atom stereocenters. The van der Waals surface area contributed by atoms with Crippen LogP contribution in [0.4, 0.5) is 0 Å². The molecule has 2 N–H and O–H groups in total. The number of carbonyl (C=O) groups excluding carboxylic acids is 1. The molecule has 0 radical (unpaired) electrons. The fraction of sp³-hybridized carbons (Fsp3) is 0.889. The van der Waals surface area contributed by atoms with Gasteiger partial charge in [0.15, 0.2) is 0 Å². The van der Waals surface area contributed by atoms with Crippen LogP contribution in [-0.4, -0.2) is 35.4 Å². The number of hydrogen-bond acceptors (Lipinski definition) is 4. The zero-order chi connectivity index (χ0) is 10.1. The second-order valence-corrected chi connectivity index (χ2v) is 4.36. The van der Waals surface area contributed by atoms with Gasteiger partial charge in [0.05, 0.1) is 17.7 Å². The highest BCUT2D eigenvalue weighted by Crippen LogP contribution is 2.20. The molecule has 4 nitrogen and oxygen atoms in total. The lowest BCUT2D eigenvalue weighted by Gasteiger charge is -2.26. The highest BCUT2D eigenvalue weighted by molar-refractivity contribution is 5.58. The van der Waals surface area contributed by atoms with Crippen molar-refractivity contribution >= 4 is 6.29 Å². The van der Waals surface area contributed by atoms with Crippen LogP contribution in [0.2, 0.25) is 0 Å². The van der Waals surface area contributed by atoms with Crippen molar-refractivity contribution in [2.75, 3.05) is 0 Å². The minimum Gasteiger partial charge on any atom is -0.376 e. The van der Waals surface area contributed by atoms with Gasteiger partial charge in [0.1, 0.15) is 12.5 Å². The maximum Gasteiger partial charge on any atom is 0.137 e. The van der Waals surface area contributed by atoms with E-state index >= 15 is 0 Å². The van der Waals surface area contributed by atoms with Crippen LogP contribution in [0.5, 0.6) is 0 Å². The lowest BCUT2D eigenvalue weighted by atomic mass is 10.1. The zero-order valence-electron chi connectivity index (χ0n) is 8.28. The Kier molecular flexibility index (Phi) is 3.05. The lowest BCUT2D eigenvalue weighted by molar-refractivity contribution is -0.110. The van der Waals surface area contributed by atoms with Crippen LogP contribution in [0, 0.1) is 0 Å². The molecular formula is C9H17NO3. The molecule has 0 aromatic carbocycles. The smallest absolute Gasteiger partial charge is 0.137 e. The van der Waals surface area contributed by atoms with E-state index in [9.17, 15) is 9.90 Å². The van der Waals surface area contributed by atoms with Gasteiger partial charge >= 0.3 is 0 Å². The molecule has 1 rings (SSSR count). The Bertz CT molecular complexity index is 188. The summed E-state index contributed by atoms with van der Waals surface area (Å²) in [5.74, 6) is 0. The molecule has 0 amide bonds. The van der Waals surface area contributed by atoms with Crippen molar-refractivity contribution in [3.05, 3.63) is 0 Å². The standard InChI is InChI=1S/C9H17NO3/c1-9(2,3)13-7-4-6(5-11)10-8(7)12/h5-8,10,12H,4H2,1-3H3/t6-,7+,8?/m0/s1. The van der Waals surface area contributed by atoms with Crippen molar-refractivity contribution in [3.8, 4) is 0 Å². The number of aldehydes is 1. The van der Waals surface area contributed by atoms with Crippen molar-refractivity contribution in [1.29, 1.82) is 0 Å². The van der Waals surface area contributed by atoms with Gasteiger partial charge in [-0.1, -0.05) is 0 Å². The van der Waals surface area contributed by atoms with Crippen molar-refractivity contribution in [3.63, 3.8) is 0 Å². The molecule has 1 fully saturated rings. The normalized spacial score (nSPS) is 34.9. The first-order valence-electron chi connectivity index (χ1n) is 4.49. The van der Waals surface area contributed by atoms with Crippen LogP contribution in [-0.2, 0) is 9.53 Å². The van der Waals surface area contributed by atoms with Crippen molar-refractivity contribution in [2.45, 2.75) is 51.2 Å². The zero-order valence-corrected chi connectivity index (χ0v) is 8.28. The topological polar surface area (TPSA) is 58.6 Å². The summed E-state index contributed by atoms with van der Waals surface area (Å²) in [5, 5.41) is 12.2. The average molecular weight is 187 g/mol. The van der Waals surface area contributed by atoms with Crippen LogP contribution >= 0.6 is 0 Å². The van der Waals surface area contributed by atoms with Gasteiger partial charge in [0.2, 0.25) is 0 Å². The van der Waals surface area contributed by atoms with Gasteiger partial charge in [0.25, 0.3) is 0 Å². The van der Waals surface area contributed by atoms with Crippen LogP contribution in [0.1, 0.15) is 27.2 Å². The number of nitrogens with one attached hydrogen (secondary N) is 1. The number of rotatable bonds is 2. The predicted octanol–water partition coefficient (Wildman–Crippen LogP) is 0.0493. The van der Waals surface area contributed by atoms with Crippen molar-refractivity contribution in [2.24, 2.45) is 0 Å². The summed E-state index contributed by atoms with van der Waals surface area (Å²) in [6.45, 7) is 5.77. The van der Waals surface area contributed by atoms with Crippen LogP contribution in [0.3, 0.4) is 0 Å². The van der Waals surface area contributed by atoms with Gasteiger partial charge in [-0.25, -0.2) is 0 Å². The molecule has 1 heterocycles. The number of aliphatic hydroxyl groups is 1. The fourth-order valence-electron chi connectivity index (χ4n) is 1.44. The van der Waals surface area contributed by atoms with Crippen LogP contribution < -0.4 is 5.32 Å². The van der Waals surface area contributed by atoms with Crippen molar-refractivity contribution < 1.29 is 14.6 Å². The SMILES string of the molecule is CC(C)(C)O[C@@H]1C[C@@H](C=O)NC1O. The Labute approximate surface area is 78.3 Å². The summed E-state index contributed by atoms with van der Waals surface area (Å²) in [4.78, 5) is 10.4. The minimum absolute atomic E-state index is 0.276. The molecule has 4 heteroatoms. The second kappa shape index (κ2) is 3.74. The number of hydrogen-bond donors (Lipinski definition) is 2. The van der Waals surface area contributed by atoms with E-state index in [1.54, 1.807) is 0 Å². The third-order valence-corrected chi connectivity index (χ3v) is 1.89. The van der Waals surface area contributed by atoms with Crippen molar-refractivity contribution in [1.82, 2.24) is 5.32 Å². The third-order valence-electron chi connectivity index (χ3n) is 1.89. The van der Waals surface area contributed by atoms with E-state index in [0.29, 0.717) is 6.42 Å². The molecule has 1 aliphatic rings. The van der Waals surface area contributed by atoms with Crippen LogP contribution in [0.25, 0.3) is 0 Å². The largest absolute Gasteiger partial charge is 0.376 e. The molecule has 0 aliphatic carbocycles. The molecule has 76 valence electrons. The van der Waals surface area contributed by atoms with Gasteiger partial charge in [-0.05, 0) is 27.2 Å². The molecule has 13 heavy (non-hydrogen) atoms. The Balaban J connectivity index is 2.48. The Hall–Kier alpha value is -0.450. The van der Waals surface area contributed by atoms with E-state index in [0.717, 1.165) is 6.29 Å². The Morgan fingerprint density at radius 3 is 2.54 bits per heavy atom. The monoisotopic (exact) mass is 187 g/mol. The summed E-state index contributed by atoms with van der Waals surface area (Å²) in [7, 11) is 0. The minimum atomic E-state index is -0.727. The van der Waals surface area contributed by atoms with Gasteiger partial charge in [0, 0.05) is 0 Å². The molecule has 1 unspecified atom stereocenters. The van der Waals surface area contributed by atoms with E-state index in [4.69, 9.17) is 4.74 Å². The summed E-state index contributed by atoms with van der Waals surface area (Å²) in [6.07, 6.45) is 0.335. The lowest BCUT2D eigenvalue weighted by Crippen LogP contribution is -2.37. The van der Waals surface area contributed by atoms with Gasteiger partial charge in [-0.2, -0.15) is 0 Å². The van der Waals surface area contributed by atoms with Crippen LogP contribution in [0.15, 0.2) is 0 Å². The van der Waals surface area contributed by atoms with E-state index in [-0.39, 0.29) is 17.7 Å². The first kappa shape index (κ1) is 10.6. The molecule has 1 aliphatic heterocycles. The Morgan fingerprint density at radius 1 is 1.54 bits per heavy atom. The van der Waals surface area contributed by atoms with E-state index in [1.165, 1.54) is 0 Å². The highest BCUT2D eigenvalue weighted by atomic mass is 16.5. The fourth-order valence-corrected chi connectivity index (χ4v) is 1.44. The molecule has 0 spiro atoms. The molecule has 0 bridgehead atoms. The molecule has 0 aromatic rings. The maximum atomic E-state index is 10.4. The first-order chi connectivity index (χ1) is 5.92. The first-order valence-corrected chi connectivity index (χ1v) is 4.49. The van der Waals surface area contributed by atoms with E-state index in [2.05, 4.69) is 5.32 Å². The van der Waals surface area contributed by atoms with E-state index < -0.39 is 6.23 Å². The third kappa shape index (κ3) is 3.06. The molecule has 0 aromatic heterocycles. The Morgan fingerprint density at radius 2 is 2.15 bits per heavy atom. The maximum absolute atomic E-state index is 10.4. The predicted molar refractivity (Wildman–Crippen MR) is 48.2 cm³/mol.